The number of nitrogens with zero attached hydrogens (tertiary/aromatic N) is 1. The van der Waals surface area contributed by atoms with Gasteiger partial charge in [-0.25, -0.2) is 4.98 Å². The molecule has 2 rings (SSSR count). The van der Waals surface area contributed by atoms with Crippen LogP contribution in [-0.4, -0.2) is 4.98 Å². The van der Waals surface area contributed by atoms with Crippen molar-refractivity contribution in [2.75, 3.05) is 0 Å². The molecule has 0 amide bonds. The number of rotatable bonds is 2. The van der Waals surface area contributed by atoms with Crippen molar-refractivity contribution in [2.45, 2.75) is 6.92 Å². The third kappa shape index (κ3) is 3.01. The van der Waals surface area contributed by atoms with Gasteiger partial charge in [0.1, 0.15) is 5.01 Å². The van der Waals surface area contributed by atoms with E-state index in [1.807, 2.05) is 25.1 Å². The van der Waals surface area contributed by atoms with Crippen molar-refractivity contribution in [3.05, 3.63) is 50.4 Å². The number of benzene rings is 1. The molecule has 0 atom stereocenters. The summed E-state index contributed by atoms with van der Waals surface area (Å²) in [6.45, 7) is 2.01. The topological polar surface area (TPSA) is 12.9 Å². The molecule has 1 heterocycles. The quantitative estimate of drug-likeness (QED) is 0.795. The molecule has 76 valence electrons. The van der Waals surface area contributed by atoms with Crippen LogP contribution >= 0.6 is 27.3 Å². The van der Waals surface area contributed by atoms with E-state index in [1.54, 1.807) is 11.3 Å². The summed E-state index contributed by atoms with van der Waals surface area (Å²) < 4.78 is 1.10. The average Bonchev–Trinajstić information content (AvgIpc) is 2.64. The fraction of sp³-hybridized carbons (Fsp3) is 0.0833. The van der Waals surface area contributed by atoms with Crippen LogP contribution in [0.2, 0.25) is 0 Å². The Kier molecular flexibility index (Phi) is 3.34. The molecular weight excluding hydrogens is 270 g/mol. The lowest BCUT2D eigenvalue weighted by Crippen LogP contribution is -1.72. The molecule has 2 aromatic rings. The zero-order valence-corrected chi connectivity index (χ0v) is 10.7. The number of hydrogen-bond acceptors (Lipinski definition) is 2. The number of thiazole rings is 1. The van der Waals surface area contributed by atoms with Crippen molar-refractivity contribution in [3.8, 4) is 0 Å². The van der Waals surface area contributed by atoms with E-state index in [0.717, 1.165) is 15.2 Å². The molecule has 0 spiro atoms. The zero-order chi connectivity index (χ0) is 10.7. The van der Waals surface area contributed by atoms with Gasteiger partial charge >= 0.3 is 0 Å². The van der Waals surface area contributed by atoms with Crippen molar-refractivity contribution in [1.82, 2.24) is 4.98 Å². The van der Waals surface area contributed by atoms with E-state index in [1.165, 1.54) is 5.56 Å². The number of aryl methyl sites for hydroxylation is 1. The molecule has 0 aliphatic rings. The Morgan fingerprint density at radius 3 is 2.53 bits per heavy atom. The standard InChI is InChI=1S/C12H10BrNS/c1-9-8-15-12(14-9)7-4-10-2-5-11(13)6-3-10/h2-8H,1H3. The molecule has 1 aromatic heterocycles. The lowest BCUT2D eigenvalue weighted by Gasteiger charge is -1.92. The third-order valence-corrected chi connectivity index (χ3v) is 3.38. The summed E-state index contributed by atoms with van der Waals surface area (Å²) in [4.78, 5) is 4.37. The van der Waals surface area contributed by atoms with Crippen LogP contribution < -0.4 is 0 Å². The van der Waals surface area contributed by atoms with Gasteiger partial charge in [0.05, 0.1) is 0 Å². The molecule has 0 N–H and O–H groups in total. The fourth-order valence-corrected chi connectivity index (χ4v) is 2.14. The molecule has 3 heteroatoms. The van der Waals surface area contributed by atoms with Gasteiger partial charge in [-0.1, -0.05) is 34.1 Å². The highest BCUT2D eigenvalue weighted by Crippen LogP contribution is 2.15. The molecule has 15 heavy (non-hydrogen) atoms. The normalized spacial score (nSPS) is 11.1. The predicted molar refractivity (Wildman–Crippen MR) is 69.9 cm³/mol. The van der Waals surface area contributed by atoms with Crippen molar-refractivity contribution in [3.63, 3.8) is 0 Å². The van der Waals surface area contributed by atoms with E-state index in [9.17, 15) is 0 Å². The van der Waals surface area contributed by atoms with Gasteiger partial charge in [-0.3, -0.25) is 0 Å². The van der Waals surface area contributed by atoms with Crippen LogP contribution in [0.1, 0.15) is 16.3 Å². The zero-order valence-electron chi connectivity index (χ0n) is 8.27. The molecule has 0 bridgehead atoms. The fourth-order valence-electron chi connectivity index (χ4n) is 1.19. The summed E-state index contributed by atoms with van der Waals surface area (Å²) in [6.07, 6.45) is 4.12. The molecule has 0 aliphatic carbocycles. The van der Waals surface area contributed by atoms with E-state index in [-0.39, 0.29) is 0 Å². The van der Waals surface area contributed by atoms with Gasteiger partial charge in [-0.2, -0.15) is 0 Å². The van der Waals surface area contributed by atoms with E-state index in [2.05, 4.69) is 44.5 Å². The van der Waals surface area contributed by atoms with E-state index in [4.69, 9.17) is 0 Å². The minimum Gasteiger partial charge on any atom is -0.242 e. The largest absolute Gasteiger partial charge is 0.242 e. The molecule has 0 radical (unpaired) electrons. The van der Waals surface area contributed by atoms with E-state index in [0.29, 0.717) is 0 Å². The molecule has 0 saturated heterocycles. The van der Waals surface area contributed by atoms with Gasteiger partial charge in [0, 0.05) is 15.5 Å². The first-order chi connectivity index (χ1) is 7.24. The van der Waals surface area contributed by atoms with Crippen LogP contribution in [0.4, 0.5) is 0 Å². The maximum absolute atomic E-state index is 4.37. The Hall–Kier alpha value is -0.930. The van der Waals surface area contributed by atoms with Gasteiger partial charge in [0.2, 0.25) is 0 Å². The summed E-state index contributed by atoms with van der Waals surface area (Å²) in [5, 5.41) is 3.11. The molecule has 0 unspecified atom stereocenters. The van der Waals surface area contributed by atoms with Crippen LogP contribution in [0.15, 0.2) is 34.1 Å². The van der Waals surface area contributed by atoms with Crippen molar-refractivity contribution < 1.29 is 0 Å². The minimum absolute atomic E-state index is 1.05. The first-order valence-corrected chi connectivity index (χ1v) is 6.27. The first kappa shape index (κ1) is 10.6. The predicted octanol–water partition coefficient (Wildman–Crippen LogP) is 4.38. The smallest absolute Gasteiger partial charge is 0.116 e. The number of aromatic nitrogens is 1. The molecule has 0 aliphatic heterocycles. The highest BCUT2D eigenvalue weighted by molar-refractivity contribution is 9.10. The Balaban J connectivity index is 2.14. The number of hydrogen-bond donors (Lipinski definition) is 0. The van der Waals surface area contributed by atoms with Gasteiger partial charge in [-0.05, 0) is 30.7 Å². The summed E-state index contributed by atoms with van der Waals surface area (Å²) in [7, 11) is 0. The maximum atomic E-state index is 4.37. The molecule has 0 saturated carbocycles. The third-order valence-electron chi connectivity index (χ3n) is 1.93. The van der Waals surface area contributed by atoms with E-state index >= 15 is 0 Å². The summed E-state index contributed by atoms with van der Waals surface area (Å²) >= 11 is 5.08. The van der Waals surface area contributed by atoms with Crippen molar-refractivity contribution in [1.29, 1.82) is 0 Å². The highest BCUT2D eigenvalue weighted by Gasteiger charge is 1.93. The Labute approximate surface area is 102 Å². The number of halogens is 1. The Morgan fingerprint density at radius 2 is 1.93 bits per heavy atom. The summed E-state index contributed by atoms with van der Waals surface area (Å²) in [5.74, 6) is 0. The van der Waals surface area contributed by atoms with Crippen molar-refractivity contribution in [2.24, 2.45) is 0 Å². The lowest BCUT2D eigenvalue weighted by molar-refractivity contribution is 1.25. The van der Waals surface area contributed by atoms with Gasteiger partial charge in [-0.15, -0.1) is 11.3 Å². The first-order valence-electron chi connectivity index (χ1n) is 4.60. The van der Waals surface area contributed by atoms with E-state index < -0.39 is 0 Å². The van der Waals surface area contributed by atoms with Crippen LogP contribution in [0.25, 0.3) is 12.2 Å². The second kappa shape index (κ2) is 4.73. The van der Waals surface area contributed by atoms with Gasteiger partial charge in [0.15, 0.2) is 0 Å². The molecule has 1 nitrogen and oxygen atoms in total. The molecule has 1 aromatic carbocycles. The van der Waals surface area contributed by atoms with Gasteiger partial charge in [0.25, 0.3) is 0 Å². The lowest BCUT2D eigenvalue weighted by atomic mass is 10.2. The van der Waals surface area contributed by atoms with Crippen molar-refractivity contribution >= 4 is 39.4 Å². The second-order valence-corrected chi connectivity index (χ2v) is 5.02. The second-order valence-electron chi connectivity index (χ2n) is 3.21. The van der Waals surface area contributed by atoms with Crippen LogP contribution in [-0.2, 0) is 0 Å². The minimum atomic E-state index is 1.05. The monoisotopic (exact) mass is 279 g/mol. The summed E-state index contributed by atoms with van der Waals surface area (Å²) in [6, 6.07) is 8.21. The summed E-state index contributed by atoms with van der Waals surface area (Å²) in [5.41, 5.74) is 2.27. The van der Waals surface area contributed by atoms with Crippen LogP contribution in [0, 0.1) is 6.92 Å². The Morgan fingerprint density at radius 1 is 1.20 bits per heavy atom. The maximum Gasteiger partial charge on any atom is 0.116 e. The average molecular weight is 280 g/mol. The molecular formula is C12H10BrNS. The highest BCUT2D eigenvalue weighted by atomic mass is 79.9. The van der Waals surface area contributed by atoms with Gasteiger partial charge < -0.3 is 0 Å². The Bertz CT molecular complexity index is 471. The van der Waals surface area contributed by atoms with Crippen LogP contribution in [0.5, 0.6) is 0 Å². The molecule has 0 fully saturated rings. The van der Waals surface area contributed by atoms with Crippen LogP contribution in [0.3, 0.4) is 0 Å². The SMILES string of the molecule is Cc1csc(C=Cc2ccc(Br)cc2)n1.